The number of phenols is 1. The average Bonchev–Trinajstić information content (AvgIpc) is 2.47. The van der Waals surface area contributed by atoms with Crippen LogP contribution in [-0.4, -0.2) is 23.4 Å². The number of benzene rings is 2. The molecule has 0 aliphatic carbocycles. The molecule has 0 spiro atoms. The van der Waals surface area contributed by atoms with E-state index in [1.54, 1.807) is 30.3 Å². The van der Waals surface area contributed by atoms with Crippen molar-refractivity contribution in [1.82, 2.24) is 0 Å². The third-order valence-corrected chi connectivity index (χ3v) is 3.17. The summed E-state index contributed by atoms with van der Waals surface area (Å²) in [5.41, 5.74) is 0.412. The predicted octanol–water partition coefficient (Wildman–Crippen LogP) is 3.82. The summed E-state index contributed by atoms with van der Waals surface area (Å²) in [6.45, 7) is 0. The molecule has 0 amide bonds. The van der Waals surface area contributed by atoms with Gasteiger partial charge in [0.1, 0.15) is 11.4 Å². The number of nitrogens with zero attached hydrogens (tertiary/aromatic N) is 2. The molecule has 21 heavy (non-hydrogen) atoms. The number of hydrogen-bond donors (Lipinski definition) is 1. The minimum atomic E-state index is -0.652. The fourth-order valence-electron chi connectivity index (χ4n) is 1.72. The quantitative estimate of drug-likeness (QED) is 0.515. The number of nitro groups is 1. The Labute approximate surface area is 129 Å². The van der Waals surface area contributed by atoms with Crippen molar-refractivity contribution in [2.24, 2.45) is 4.99 Å². The molecule has 0 bridgehead atoms. The van der Waals surface area contributed by atoms with Gasteiger partial charge in [0.25, 0.3) is 0 Å². The highest BCUT2D eigenvalue weighted by Gasteiger charge is 2.17. The molecule has 0 aromatic heterocycles. The maximum Gasteiger partial charge on any atom is 0.312 e. The van der Waals surface area contributed by atoms with E-state index in [1.165, 1.54) is 19.4 Å². The first-order valence-corrected chi connectivity index (χ1v) is 6.66. The molecule has 0 aliphatic rings. The Kier molecular flexibility index (Phi) is 4.54. The number of aliphatic imine (C=N–C) groups is 1. The molecule has 0 heterocycles. The summed E-state index contributed by atoms with van der Waals surface area (Å²) >= 11 is 3.17. The summed E-state index contributed by atoms with van der Waals surface area (Å²) in [5, 5.41) is 20.8. The van der Waals surface area contributed by atoms with Gasteiger partial charge in [-0.1, -0.05) is 28.1 Å². The predicted molar refractivity (Wildman–Crippen MR) is 82.7 cm³/mol. The monoisotopic (exact) mass is 350 g/mol. The van der Waals surface area contributed by atoms with E-state index < -0.39 is 10.7 Å². The Morgan fingerprint density at radius 1 is 1.38 bits per heavy atom. The molecule has 0 aliphatic heterocycles. The number of ether oxygens (including phenoxy) is 1. The van der Waals surface area contributed by atoms with Crippen LogP contribution in [0, 0.1) is 10.1 Å². The zero-order chi connectivity index (χ0) is 15.4. The van der Waals surface area contributed by atoms with Gasteiger partial charge in [0.05, 0.1) is 12.0 Å². The fraction of sp³-hybridized carbons (Fsp3) is 0.0714. The fourth-order valence-corrected chi connectivity index (χ4v) is 2.18. The van der Waals surface area contributed by atoms with Crippen LogP contribution in [0.2, 0.25) is 0 Å². The number of methoxy groups -OCH3 is 1. The molecule has 0 fully saturated rings. The SMILES string of the molecule is COc1ccccc1/N=C/c1cc(Br)cc([N+](=O)[O-])c1O. The van der Waals surface area contributed by atoms with E-state index in [0.29, 0.717) is 15.9 Å². The highest BCUT2D eigenvalue weighted by molar-refractivity contribution is 9.10. The van der Waals surface area contributed by atoms with E-state index in [4.69, 9.17) is 4.74 Å². The number of hydrogen-bond acceptors (Lipinski definition) is 5. The van der Waals surface area contributed by atoms with E-state index in [0.717, 1.165) is 0 Å². The van der Waals surface area contributed by atoms with E-state index in [1.807, 2.05) is 0 Å². The lowest BCUT2D eigenvalue weighted by Crippen LogP contribution is -1.92. The Morgan fingerprint density at radius 3 is 2.76 bits per heavy atom. The van der Waals surface area contributed by atoms with Gasteiger partial charge >= 0.3 is 5.69 Å². The van der Waals surface area contributed by atoms with Gasteiger partial charge < -0.3 is 9.84 Å². The molecule has 0 saturated heterocycles. The van der Waals surface area contributed by atoms with Gasteiger partial charge in [-0.05, 0) is 18.2 Å². The summed E-state index contributed by atoms with van der Waals surface area (Å²) < 4.78 is 5.64. The van der Waals surface area contributed by atoms with Crippen molar-refractivity contribution in [1.29, 1.82) is 0 Å². The van der Waals surface area contributed by atoms with Crippen LogP contribution in [-0.2, 0) is 0 Å². The zero-order valence-electron chi connectivity index (χ0n) is 11.0. The molecule has 7 heteroatoms. The molecule has 0 unspecified atom stereocenters. The molecule has 2 rings (SSSR count). The summed E-state index contributed by atoms with van der Waals surface area (Å²) in [5.74, 6) is 0.139. The van der Waals surface area contributed by atoms with E-state index in [2.05, 4.69) is 20.9 Å². The molecule has 6 nitrogen and oxygen atoms in total. The van der Waals surface area contributed by atoms with Crippen LogP contribution in [0.15, 0.2) is 45.9 Å². The van der Waals surface area contributed by atoms with Crippen LogP contribution >= 0.6 is 15.9 Å². The van der Waals surface area contributed by atoms with Crippen LogP contribution in [0.4, 0.5) is 11.4 Å². The maximum absolute atomic E-state index is 10.9. The van der Waals surface area contributed by atoms with E-state index in [-0.39, 0.29) is 11.3 Å². The van der Waals surface area contributed by atoms with Gasteiger partial charge in [-0.15, -0.1) is 0 Å². The van der Waals surface area contributed by atoms with Gasteiger partial charge in [0, 0.05) is 22.3 Å². The second-order valence-electron chi connectivity index (χ2n) is 4.05. The Hall–Kier alpha value is -2.41. The third-order valence-electron chi connectivity index (χ3n) is 2.71. The van der Waals surface area contributed by atoms with Crippen molar-refractivity contribution in [3.8, 4) is 11.5 Å². The minimum Gasteiger partial charge on any atom is -0.502 e. The van der Waals surface area contributed by atoms with Crippen molar-refractivity contribution in [2.45, 2.75) is 0 Å². The maximum atomic E-state index is 10.9. The summed E-state index contributed by atoms with van der Waals surface area (Å²) in [4.78, 5) is 14.4. The largest absolute Gasteiger partial charge is 0.502 e. The Morgan fingerprint density at radius 2 is 2.10 bits per heavy atom. The van der Waals surface area contributed by atoms with Crippen LogP contribution in [0.25, 0.3) is 0 Å². The molecule has 0 saturated carbocycles. The second kappa shape index (κ2) is 6.36. The minimum absolute atomic E-state index is 0.238. The van der Waals surface area contributed by atoms with Crippen LogP contribution in [0.5, 0.6) is 11.5 Å². The normalized spacial score (nSPS) is 10.8. The first kappa shape index (κ1) is 15.0. The van der Waals surface area contributed by atoms with Crippen LogP contribution < -0.4 is 4.74 Å². The van der Waals surface area contributed by atoms with Crippen molar-refractivity contribution in [3.05, 3.63) is 56.5 Å². The lowest BCUT2D eigenvalue weighted by molar-refractivity contribution is -0.385. The molecule has 0 atom stereocenters. The Bertz CT molecular complexity index is 716. The Balaban J connectivity index is 2.44. The molecular weight excluding hydrogens is 340 g/mol. The first-order valence-electron chi connectivity index (χ1n) is 5.87. The molecular formula is C14H11BrN2O4. The van der Waals surface area contributed by atoms with Gasteiger partial charge in [-0.25, -0.2) is 0 Å². The third kappa shape index (κ3) is 3.38. The zero-order valence-corrected chi connectivity index (χ0v) is 12.6. The number of nitro benzene ring substituents is 1. The van der Waals surface area contributed by atoms with E-state index in [9.17, 15) is 15.2 Å². The van der Waals surface area contributed by atoms with Gasteiger partial charge in [-0.2, -0.15) is 0 Å². The van der Waals surface area contributed by atoms with Gasteiger partial charge in [-0.3, -0.25) is 15.1 Å². The molecule has 1 N–H and O–H groups in total. The lowest BCUT2D eigenvalue weighted by Gasteiger charge is -2.04. The van der Waals surface area contributed by atoms with Crippen LogP contribution in [0.1, 0.15) is 5.56 Å². The molecule has 2 aromatic rings. The number of rotatable bonds is 4. The number of para-hydroxylation sites is 2. The lowest BCUT2D eigenvalue weighted by atomic mass is 10.2. The smallest absolute Gasteiger partial charge is 0.312 e. The average molecular weight is 351 g/mol. The number of aromatic hydroxyl groups is 1. The standard InChI is InChI=1S/C14H11BrN2O4/c1-21-13-5-3-2-4-11(13)16-8-9-6-10(15)7-12(14(9)18)17(19)20/h2-8,18H,1H3/b16-8+. The number of phenolic OH excluding ortho intramolecular Hbond substituents is 1. The molecule has 0 radical (unpaired) electrons. The molecule has 2 aromatic carbocycles. The summed E-state index contributed by atoms with van der Waals surface area (Å²) in [6.07, 6.45) is 1.35. The first-order chi connectivity index (χ1) is 10.0. The van der Waals surface area contributed by atoms with Crippen molar-refractivity contribution in [3.63, 3.8) is 0 Å². The van der Waals surface area contributed by atoms with Crippen molar-refractivity contribution < 1.29 is 14.8 Å². The summed E-state index contributed by atoms with van der Waals surface area (Å²) in [7, 11) is 1.52. The highest BCUT2D eigenvalue weighted by Crippen LogP contribution is 2.33. The van der Waals surface area contributed by atoms with Gasteiger partial charge in [0.15, 0.2) is 0 Å². The van der Waals surface area contributed by atoms with Crippen molar-refractivity contribution >= 4 is 33.5 Å². The topological polar surface area (TPSA) is 85.0 Å². The summed E-state index contributed by atoms with van der Waals surface area (Å²) in [6, 6.07) is 9.85. The van der Waals surface area contributed by atoms with Crippen molar-refractivity contribution in [2.75, 3.05) is 7.11 Å². The number of halogens is 1. The second-order valence-corrected chi connectivity index (χ2v) is 4.97. The molecule has 108 valence electrons. The van der Waals surface area contributed by atoms with Gasteiger partial charge in [0.2, 0.25) is 5.75 Å². The highest BCUT2D eigenvalue weighted by atomic mass is 79.9. The van der Waals surface area contributed by atoms with E-state index >= 15 is 0 Å². The van der Waals surface area contributed by atoms with Crippen LogP contribution in [0.3, 0.4) is 0 Å².